The minimum absolute atomic E-state index is 0.0806. The van der Waals surface area contributed by atoms with Crippen molar-refractivity contribution < 1.29 is 4.79 Å². The third kappa shape index (κ3) is 3.11. The average molecular weight is 317 g/mol. The lowest BCUT2D eigenvalue weighted by Gasteiger charge is -2.30. The molecule has 4 heteroatoms. The quantitative estimate of drug-likeness (QED) is 0.770. The Morgan fingerprint density at radius 1 is 1.19 bits per heavy atom. The van der Waals surface area contributed by atoms with Crippen LogP contribution in [0.2, 0.25) is 0 Å². The van der Waals surface area contributed by atoms with Crippen LogP contribution in [0.25, 0.3) is 10.9 Å². The summed E-state index contributed by atoms with van der Waals surface area (Å²) in [6.07, 6.45) is 0. The predicted octanol–water partition coefficient (Wildman–Crippen LogP) is 4.35. The molecule has 110 valence electrons. The second-order valence-corrected chi connectivity index (χ2v) is 8.59. The second-order valence-electron chi connectivity index (χ2n) is 5.59. The number of hydrogen-bond donors (Lipinski definition) is 0. The summed E-state index contributed by atoms with van der Waals surface area (Å²) in [5.74, 6) is 1.17. The van der Waals surface area contributed by atoms with E-state index in [-0.39, 0.29) is 11.0 Å². The number of carbonyl (C=O) groups excluding carboxylic acids is 1. The van der Waals surface area contributed by atoms with E-state index in [1.165, 1.54) is 0 Å². The molecule has 1 aromatic carbocycles. The topological polar surface area (TPSA) is 30.0 Å². The minimum Gasteiger partial charge on any atom is -0.293 e. The highest BCUT2D eigenvalue weighted by Crippen LogP contribution is 2.37. The van der Waals surface area contributed by atoms with E-state index in [4.69, 9.17) is 0 Å². The zero-order valence-electron chi connectivity index (χ0n) is 12.5. The lowest BCUT2D eigenvalue weighted by molar-refractivity contribution is 0.0995. The molecule has 2 nitrogen and oxygen atoms in total. The number of hydrogen-bond acceptors (Lipinski definition) is 4. The number of aryl methyl sites for hydroxylation is 1. The van der Waals surface area contributed by atoms with Gasteiger partial charge in [-0.1, -0.05) is 19.9 Å². The van der Waals surface area contributed by atoms with Gasteiger partial charge in [0.2, 0.25) is 0 Å². The molecule has 0 saturated carbocycles. The molecule has 2 heterocycles. The molecular weight excluding hydrogens is 298 g/mol. The van der Waals surface area contributed by atoms with Crippen LogP contribution >= 0.6 is 23.5 Å². The maximum Gasteiger partial charge on any atom is 0.176 e. The first kappa shape index (κ1) is 14.9. The predicted molar refractivity (Wildman–Crippen MR) is 93.6 cm³/mol. The van der Waals surface area contributed by atoms with Gasteiger partial charge in [-0.05, 0) is 31.2 Å². The molecule has 0 spiro atoms. The molecular formula is C17H19NOS2. The highest BCUT2D eigenvalue weighted by Gasteiger charge is 2.30. The van der Waals surface area contributed by atoms with Crippen LogP contribution in [0.1, 0.15) is 29.9 Å². The van der Waals surface area contributed by atoms with Crippen LogP contribution in [0.3, 0.4) is 0 Å². The molecule has 3 rings (SSSR count). The molecule has 1 aliphatic rings. The van der Waals surface area contributed by atoms with E-state index < -0.39 is 0 Å². The second kappa shape index (κ2) is 6.01. The van der Waals surface area contributed by atoms with Gasteiger partial charge in [-0.25, -0.2) is 0 Å². The molecule has 2 aromatic rings. The molecule has 0 amide bonds. The van der Waals surface area contributed by atoms with Crippen molar-refractivity contribution in [1.29, 1.82) is 0 Å². The van der Waals surface area contributed by atoms with E-state index in [1.807, 2.05) is 60.8 Å². The van der Waals surface area contributed by atoms with E-state index in [9.17, 15) is 4.79 Å². The maximum absolute atomic E-state index is 12.7. The number of Topliss-reactive ketones (excluding diaryl/α,β-unsaturated/α-hetero) is 1. The first-order valence-corrected chi connectivity index (χ1v) is 9.22. The number of fused-ring (bicyclic) bond motifs is 1. The third-order valence-corrected chi connectivity index (χ3v) is 7.35. The molecule has 0 radical (unpaired) electrons. The Labute approximate surface area is 134 Å². The van der Waals surface area contributed by atoms with Crippen molar-refractivity contribution in [2.75, 3.05) is 5.75 Å². The van der Waals surface area contributed by atoms with Gasteiger partial charge >= 0.3 is 0 Å². The number of nitrogens with zero attached hydrogens (tertiary/aromatic N) is 1. The number of rotatable bonds is 2. The largest absolute Gasteiger partial charge is 0.293 e. The van der Waals surface area contributed by atoms with Crippen LogP contribution in [-0.2, 0) is 0 Å². The molecule has 3 atom stereocenters. The van der Waals surface area contributed by atoms with Crippen molar-refractivity contribution >= 4 is 40.2 Å². The molecule has 0 bridgehead atoms. The third-order valence-electron chi connectivity index (χ3n) is 3.96. The standard InChI is InChI=1S/C17H19NOS2/c1-10-4-5-13-8-14(6-7-15(13)18-10)17(19)16-9-20-11(2)12(3)21-16/h4-8,11-12,16H,9H2,1-3H3. The fourth-order valence-electron chi connectivity index (χ4n) is 2.49. The van der Waals surface area contributed by atoms with E-state index >= 15 is 0 Å². The Kier molecular flexibility index (Phi) is 4.27. The van der Waals surface area contributed by atoms with Gasteiger partial charge in [0.15, 0.2) is 5.78 Å². The van der Waals surface area contributed by atoms with E-state index in [0.29, 0.717) is 10.5 Å². The summed E-state index contributed by atoms with van der Waals surface area (Å²) in [5, 5.41) is 2.28. The van der Waals surface area contributed by atoms with Gasteiger partial charge in [-0.3, -0.25) is 9.78 Å². The summed E-state index contributed by atoms with van der Waals surface area (Å²) in [4.78, 5) is 17.2. The van der Waals surface area contributed by atoms with Crippen LogP contribution in [0, 0.1) is 6.92 Å². The summed E-state index contributed by atoms with van der Waals surface area (Å²) in [7, 11) is 0. The molecule has 1 saturated heterocycles. The molecule has 21 heavy (non-hydrogen) atoms. The van der Waals surface area contributed by atoms with Crippen molar-refractivity contribution in [1.82, 2.24) is 4.98 Å². The van der Waals surface area contributed by atoms with Crippen LogP contribution in [0.5, 0.6) is 0 Å². The van der Waals surface area contributed by atoms with E-state index in [0.717, 1.165) is 27.9 Å². The Hall–Kier alpha value is -1.00. The summed E-state index contributed by atoms with van der Waals surface area (Å²) in [6.45, 7) is 6.44. The monoisotopic (exact) mass is 317 g/mol. The number of aromatic nitrogens is 1. The zero-order chi connectivity index (χ0) is 15.0. The number of thioether (sulfide) groups is 2. The van der Waals surface area contributed by atoms with Gasteiger partial charge in [-0.15, -0.1) is 11.8 Å². The Balaban J connectivity index is 1.86. The number of pyridine rings is 1. The molecule has 0 aliphatic carbocycles. The van der Waals surface area contributed by atoms with Crippen LogP contribution in [0.15, 0.2) is 30.3 Å². The van der Waals surface area contributed by atoms with Gasteiger partial charge < -0.3 is 0 Å². The highest BCUT2D eigenvalue weighted by molar-refractivity contribution is 8.08. The first-order chi connectivity index (χ1) is 10.0. The first-order valence-electron chi connectivity index (χ1n) is 7.23. The molecule has 1 fully saturated rings. The Morgan fingerprint density at radius 3 is 2.76 bits per heavy atom. The number of benzene rings is 1. The highest BCUT2D eigenvalue weighted by atomic mass is 32.2. The van der Waals surface area contributed by atoms with Gasteiger partial charge in [-0.2, -0.15) is 11.8 Å². The fourth-order valence-corrected chi connectivity index (χ4v) is 5.37. The van der Waals surface area contributed by atoms with Crippen molar-refractivity contribution in [2.45, 2.75) is 36.5 Å². The SMILES string of the molecule is Cc1ccc2cc(C(=O)C3CSC(C)C(C)S3)ccc2n1. The zero-order valence-corrected chi connectivity index (χ0v) is 14.1. The van der Waals surface area contributed by atoms with Gasteiger partial charge in [0.25, 0.3) is 0 Å². The van der Waals surface area contributed by atoms with Crippen LogP contribution < -0.4 is 0 Å². The molecule has 1 aromatic heterocycles. The fraction of sp³-hybridized carbons (Fsp3) is 0.412. The van der Waals surface area contributed by atoms with E-state index in [1.54, 1.807) is 0 Å². The van der Waals surface area contributed by atoms with Crippen molar-refractivity contribution in [3.63, 3.8) is 0 Å². The number of ketones is 1. The molecule has 1 aliphatic heterocycles. The smallest absolute Gasteiger partial charge is 0.176 e. The van der Waals surface area contributed by atoms with Gasteiger partial charge in [0, 0.05) is 32.9 Å². The van der Waals surface area contributed by atoms with Crippen LogP contribution in [0.4, 0.5) is 0 Å². The van der Waals surface area contributed by atoms with Crippen LogP contribution in [-0.4, -0.2) is 32.3 Å². The minimum atomic E-state index is 0.0806. The van der Waals surface area contributed by atoms with Crippen molar-refractivity contribution in [3.05, 3.63) is 41.6 Å². The Morgan fingerprint density at radius 2 is 2.00 bits per heavy atom. The van der Waals surface area contributed by atoms with Crippen molar-refractivity contribution in [2.24, 2.45) is 0 Å². The maximum atomic E-state index is 12.7. The average Bonchev–Trinajstić information content (AvgIpc) is 2.49. The van der Waals surface area contributed by atoms with E-state index in [2.05, 4.69) is 18.8 Å². The summed E-state index contributed by atoms with van der Waals surface area (Å²) in [6, 6.07) is 9.90. The lowest BCUT2D eigenvalue weighted by atomic mass is 10.1. The number of carbonyl (C=O) groups is 1. The van der Waals surface area contributed by atoms with Gasteiger partial charge in [0.1, 0.15) is 0 Å². The summed E-state index contributed by atoms with van der Waals surface area (Å²) < 4.78 is 0. The molecule has 3 unspecified atom stereocenters. The lowest BCUT2D eigenvalue weighted by Crippen LogP contribution is -2.31. The normalized spacial score (nSPS) is 26.0. The summed E-state index contributed by atoms with van der Waals surface area (Å²) >= 11 is 3.73. The van der Waals surface area contributed by atoms with Gasteiger partial charge in [0.05, 0.1) is 10.8 Å². The van der Waals surface area contributed by atoms with Crippen molar-refractivity contribution in [3.8, 4) is 0 Å². The Bertz CT molecular complexity index is 686. The summed E-state index contributed by atoms with van der Waals surface area (Å²) in [5.41, 5.74) is 2.77. The molecule has 0 N–H and O–H groups in total.